The molecule has 1 unspecified atom stereocenters. The van der Waals surface area contributed by atoms with Gasteiger partial charge in [-0.3, -0.25) is 4.79 Å². The Bertz CT molecular complexity index is 1310. The monoisotopic (exact) mass is 560 g/mol. The van der Waals surface area contributed by atoms with E-state index in [1.54, 1.807) is 6.92 Å². The van der Waals surface area contributed by atoms with Gasteiger partial charge in [-0.15, -0.1) is 0 Å². The van der Waals surface area contributed by atoms with Crippen LogP contribution in [0.3, 0.4) is 0 Å². The maximum atomic E-state index is 12.7. The summed E-state index contributed by atoms with van der Waals surface area (Å²) in [5.41, 5.74) is 0.356. The molecule has 0 aliphatic carbocycles. The number of benzene rings is 3. The number of aldehydes is 1. The zero-order chi connectivity index (χ0) is 25.2. The van der Waals surface area contributed by atoms with Crippen molar-refractivity contribution in [3.05, 3.63) is 84.8 Å². The number of hydrogen-bond acceptors (Lipinski definition) is 6. The van der Waals surface area contributed by atoms with Gasteiger partial charge in [-0.05, 0) is 55.0 Å². The molecule has 1 N–H and O–H groups in total. The number of aryl methyl sites for hydroxylation is 1. The lowest BCUT2D eigenvalue weighted by atomic mass is 10.1. The second kappa shape index (κ2) is 10.9. The molecule has 0 saturated heterocycles. The highest BCUT2D eigenvalue weighted by atomic mass is 35.5. The largest absolute Gasteiger partial charge is 0.420 e. The first kappa shape index (κ1) is 26.2. The second-order valence-corrected chi connectivity index (χ2v) is 9.36. The number of esters is 2. The molecule has 0 aliphatic heterocycles. The van der Waals surface area contributed by atoms with E-state index in [9.17, 15) is 23.1 Å². The molecule has 34 heavy (non-hydrogen) atoms. The first-order valence-electron chi connectivity index (χ1n) is 9.10. The summed E-state index contributed by atoms with van der Waals surface area (Å²) in [6, 6.07) is 8.72. The Morgan fingerprint density at radius 3 is 1.59 bits per heavy atom. The van der Waals surface area contributed by atoms with E-state index in [0.717, 1.165) is 23.8 Å². The van der Waals surface area contributed by atoms with E-state index in [-0.39, 0.29) is 53.2 Å². The van der Waals surface area contributed by atoms with Gasteiger partial charge in [-0.2, -0.15) is 0 Å². The van der Waals surface area contributed by atoms with E-state index < -0.39 is 23.0 Å². The molecule has 3 rings (SSSR count). The summed E-state index contributed by atoms with van der Waals surface area (Å²) >= 11 is 21.7. The van der Waals surface area contributed by atoms with Crippen LogP contribution < -0.4 is 9.47 Å². The molecule has 3 aromatic carbocycles. The summed E-state index contributed by atoms with van der Waals surface area (Å²) < 4.78 is 31.7. The predicted octanol–water partition coefficient (Wildman–Crippen LogP) is 6.44. The standard InChI is InChI=1S/C22H12Cl4O7S/c1-10-2-15(23)19(16(24)3-10)32-21(28)12-6-13(8-14(7-12)34(30)31)22(29)33-20-17(25)4-11(9-27)5-18(20)26/h2-9H,1H3,(H,30,31). The zero-order valence-electron chi connectivity index (χ0n) is 16.9. The number of carbonyl (C=O) groups excluding carboxylic acids is 3. The van der Waals surface area contributed by atoms with E-state index in [2.05, 4.69) is 0 Å². The number of rotatable bonds is 6. The van der Waals surface area contributed by atoms with Crippen LogP contribution in [-0.4, -0.2) is 27.0 Å². The van der Waals surface area contributed by atoms with E-state index >= 15 is 0 Å². The molecule has 0 aliphatic rings. The number of carbonyl (C=O) groups is 3. The molecule has 12 heteroatoms. The molecule has 0 spiro atoms. The lowest BCUT2D eigenvalue weighted by Crippen LogP contribution is -2.14. The van der Waals surface area contributed by atoms with Crippen molar-refractivity contribution in [2.45, 2.75) is 11.8 Å². The van der Waals surface area contributed by atoms with Crippen molar-refractivity contribution in [3.63, 3.8) is 0 Å². The quantitative estimate of drug-likeness (QED) is 0.160. The fraction of sp³-hybridized carbons (Fsp3) is 0.0455. The Balaban J connectivity index is 1.97. The van der Waals surface area contributed by atoms with E-state index in [4.69, 9.17) is 55.9 Å². The van der Waals surface area contributed by atoms with Gasteiger partial charge in [0.15, 0.2) is 22.6 Å². The van der Waals surface area contributed by atoms with Gasteiger partial charge in [-0.25, -0.2) is 13.8 Å². The van der Waals surface area contributed by atoms with Crippen molar-refractivity contribution in [2.24, 2.45) is 0 Å². The summed E-state index contributed by atoms with van der Waals surface area (Å²) in [5.74, 6) is -2.40. The third kappa shape index (κ3) is 5.96. The van der Waals surface area contributed by atoms with Crippen LogP contribution >= 0.6 is 46.4 Å². The summed E-state index contributed by atoms with van der Waals surface area (Å²) in [6.45, 7) is 1.74. The lowest BCUT2D eigenvalue weighted by molar-refractivity contribution is 0.0734. The first-order chi connectivity index (χ1) is 16.0. The molecule has 0 saturated carbocycles. The topological polar surface area (TPSA) is 107 Å². The summed E-state index contributed by atoms with van der Waals surface area (Å²) in [6.07, 6.45) is 0.508. The minimum absolute atomic E-state index is 0.0722. The van der Waals surface area contributed by atoms with Crippen molar-refractivity contribution in [1.29, 1.82) is 0 Å². The molecule has 3 aromatic rings. The molecule has 0 radical (unpaired) electrons. The fourth-order valence-electron chi connectivity index (χ4n) is 2.77. The van der Waals surface area contributed by atoms with Crippen molar-refractivity contribution >= 4 is 75.7 Å². The highest BCUT2D eigenvalue weighted by molar-refractivity contribution is 7.79. The van der Waals surface area contributed by atoms with Crippen LogP contribution in [0.5, 0.6) is 11.5 Å². The number of halogens is 4. The third-order valence-electron chi connectivity index (χ3n) is 4.27. The van der Waals surface area contributed by atoms with Gasteiger partial charge >= 0.3 is 11.9 Å². The highest BCUT2D eigenvalue weighted by Crippen LogP contribution is 2.36. The zero-order valence-corrected chi connectivity index (χ0v) is 20.8. The molecular weight excluding hydrogens is 550 g/mol. The Hall–Kier alpha value is -2.46. The van der Waals surface area contributed by atoms with E-state index in [0.29, 0.717) is 6.29 Å². The maximum Gasteiger partial charge on any atom is 0.343 e. The van der Waals surface area contributed by atoms with Gasteiger partial charge in [0.05, 0.1) is 36.1 Å². The molecule has 0 heterocycles. The van der Waals surface area contributed by atoms with Gasteiger partial charge in [0.2, 0.25) is 0 Å². The normalized spacial score (nSPS) is 11.6. The van der Waals surface area contributed by atoms with Gasteiger partial charge in [0.25, 0.3) is 0 Å². The van der Waals surface area contributed by atoms with Crippen LogP contribution in [-0.2, 0) is 11.1 Å². The minimum atomic E-state index is -2.56. The number of ether oxygens (including phenoxy) is 2. The highest BCUT2D eigenvalue weighted by Gasteiger charge is 2.22. The molecule has 7 nitrogen and oxygen atoms in total. The van der Waals surface area contributed by atoms with Gasteiger partial charge in [0.1, 0.15) is 6.29 Å². The van der Waals surface area contributed by atoms with Crippen LogP contribution in [0, 0.1) is 6.92 Å². The van der Waals surface area contributed by atoms with Crippen LogP contribution in [0.1, 0.15) is 36.6 Å². The average Bonchev–Trinajstić information content (AvgIpc) is 2.77. The Labute approximate surface area is 215 Å². The Morgan fingerprint density at radius 1 is 0.794 bits per heavy atom. The SMILES string of the molecule is Cc1cc(Cl)c(OC(=O)c2cc(C(=O)Oc3c(Cl)cc(C=O)cc3Cl)cc(S(=O)O)c2)c(Cl)c1. The molecular formula is C22H12Cl4O7S. The van der Waals surface area contributed by atoms with E-state index in [1.165, 1.54) is 24.3 Å². The van der Waals surface area contributed by atoms with Crippen LogP contribution in [0.25, 0.3) is 0 Å². The molecule has 0 fully saturated rings. The van der Waals surface area contributed by atoms with Crippen molar-refractivity contribution in [2.75, 3.05) is 0 Å². The molecule has 0 amide bonds. The molecule has 0 bridgehead atoms. The number of hydrogen-bond donors (Lipinski definition) is 1. The van der Waals surface area contributed by atoms with Crippen molar-refractivity contribution in [1.82, 2.24) is 0 Å². The minimum Gasteiger partial charge on any atom is -0.420 e. The van der Waals surface area contributed by atoms with Crippen molar-refractivity contribution < 1.29 is 32.6 Å². The van der Waals surface area contributed by atoms with Crippen LogP contribution in [0.4, 0.5) is 0 Å². The van der Waals surface area contributed by atoms with Crippen LogP contribution in [0.2, 0.25) is 20.1 Å². The Morgan fingerprint density at radius 2 is 1.21 bits per heavy atom. The van der Waals surface area contributed by atoms with Crippen molar-refractivity contribution in [3.8, 4) is 11.5 Å². The molecule has 176 valence electrons. The second-order valence-electron chi connectivity index (χ2n) is 6.76. The van der Waals surface area contributed by atoms with Gasteiger partial charge in [-0.1, -0.05) is 46.4 Å². The summed E-state index contributed by atoms with van der Waals surface area (Å²) in [5, 5.41) is -0.0906. The predicted molar refractivity (Wildman–Crippen MR) is 128 cm³/mol. The fourth-order valence-corrected chi connectivity index (χ4v) is 4.48. The van der Waals surface area contributed by atoms with Crippen LogP contribution in [0.15, 0.2) is 47.4 Å². The smallest absolute Gasteiger partial charge is 0.343 e. The molecule has 0 aromatic heterocycles. The van der Waals surface area contributed by atoms with Gasteiger partial charge in [0, 0.05) is 5.56 Å². The third-order valence-corrected chi connectivity index (χ3v) is 6.03. The average molecular weight is 562 g/mol. The maximum absolute atomic E-state index is 12.7. The summed E-state index contributed by atoms with van der Waals surface area (Å²) in [4.78, 5) is 36.1. The van der Waals surface area contributed by atoms with Gasteiger partial charge < -0.3 is 14.0 Å². The molecule has 1 atom stereocenters. The summed E-state index contributed by atoms with van der Waals surface area (Å²) in [7, 11) is 0. The lowest BCUT2D eigenvalue weighted by Gasteiger charge is -2.12. The van der Waals surface area contributed by atoms with E-state index in [1.807, 2.05) is 0 Å². The first-order valence-corrected chi connectivity index (χ1v) is 11.7. The Kier molecular flexibility index (Phi) is 8.35.